The Kier molecular flexibility index (Phi) is 5.11. The van der Waals surface area contributed by atoms with Crippen LogP contribution in [0.25, 0.3) is 10.9 Å². The standard InChI is InChI=1S/C20H22FN5O2/c1-12-10-26(11-18(28-12)20(27)25-16-9-23-8-15(16)21)17-5-4-13(7-22)19-14(17)3-2-6-24-19/h2-6,12,15-16,18,23H,8-11H2,1H3,(H,25,27)/t12-,15-,16+,18-/m0/s1. The molecule has 2 aliphatic heterocycles. The van der Waals surface area contributed by atoms with Gasteiger partial charge in [0.15, 0.2) is 6.10 Å². The zero-order valence-corrected chi connectivity index (χ0v) is 15.6. The lowest BCUT2D eigenvalue weighted by Gasteiger charge is -2.38. The maximum Gasteiger partial charge on any atom is 0.251 e. The van der Waals surface area contributed by atoms with Crippen LogP contribution in [-0.2, 0) is 9.53 Å². The van der Waals surface area contributed by atoms with Gasteiger partial charge in [0, 0.05) is 36.9 Å². The van der Waals surface area contributed by atoms with Crippen LogP contribution in [0.15, 0.2) is 30.5 Å². The Morgan fingerprint density at radius 3 is 3.00 bits per heavy atom. The van der Waals surface area contributed by atoms with Crippen molar-refractivity contribution < 1.29 is 13.9 Å². The van der Waals surface area contributed by atoms with Crippen molar-refractivity contribution in [3.05, 3.63) is 36.0 Å². The van der Waals surface area contributed by atoms with Gasteiger partial charge in [0.25, 0.3) is 5.91 Å². The molecule has 2 aromatic rings. The van der Waals surface area contributed by atoms with Crippen molar-refractivity contribution in [3.63, 3.8) is 0 Å². The highest BCUT2D eigenvalue weighted by Crippen LogP contribution is 2.30. The zero-order valence-electron chi connectivity index (χ0n) is 15.6. The Hall–Kier alpha value is -2.76. The minimum Gasteiger partial charge on any atom is -0.365 e. The van der Waals surface area contributed by atoms with Crippen molar-refractivity contribution >= 4 is 22.5 Å². The quantitative estimate of drug-likeness (QED) is 0.826. The van der Waals surface area contributed by atoms with Crippen LogP contribution >= 0.6 is 0 Å². The Labute approximate surface area is 162 Å². The first-order valence-electron chi connectivity index (χ1n) is 9.40. The second-order valence-electron chi connectivity index (χ2n) is 7.27. The van der Waals surface area contributed by atoms with E-state index >= 15 is 0 Å². The van der Waals surface area contributed by atoms with Crippen LogP contribution < -0.4 is 15.5 Å². The predicted octanol–water partition coefficient (Wildman–Crippen LogP) is 1.13. The summed E-state index contributed by atoms with van der Waals surface area (Å²) >= 11 is 0. The van der Waals surface area contributed by atoms with Gasteiger partial charge in [-0.1, -0.05) is 0 Å². The van der Waals surface area contributed by atoms with E-state index in [1.54, 1.807) is 12.3 Å². The van der Waals surface area contributed by atoms with Crippen LogP contribution in [0.1, 0.15) is 12.5 Å². The zero-order chi connectivity index (χ0) is 19.7. The fourth-order valence-electron chi connectivity index (χ4n) is 3.88. The molecule has 1 aromatic carbocycles. The van der Waals surface area contributed by atoms with Gasteiger partial charge in [-0.05, 0) is 31.2 Å². The summed E-state index contributed by atoms with van der Waals surface area (Å²) in [5, 5.41) is 15.9. The van der Waals surface area contributed by atoms with Crippen LogP contribution in [0.3, 0.4) is 0 Å². The molecule has 0 radical (unpaired) electrons. The molecule has 146 valence electrons. The van der Waals surface area contributed by atoms with Crippen molar-refractivity contribution in [2.75, 3.05) is 31.1 Å². The monoisotopic (exact) mass is 383 g/mol. The second kappa shape index (κ2) is 7.70. The lowest BCUT2D eigenvalue weighted by atomic mass is 10.1. The van der Waals surface area contributed by atoms with E-state index in [2.05, 4.69) is 26.6 Å². The maximum atomic E-state index is 13.8. The molecule has 2 saturated heterocycles. The van der Waals surface area contributed by atoms with E-state index in [0.717, 1.165) is 11.1 Å². The SMILES string of the molecule is C[C@H]1CN(c2ccc(C#N)c3ncccc23)C[C@@H](C(=O)N[C@@H]2CNC[C@@H]2F)O1. The molecule has 28 heavy (non-hydrogen) atoms. The third-order valence-electron chi connectivity index (χ3n) is 5.23. The van der Waals surface area contributed by atoms with Crippen molar-refractivity contribution in [1.29, 1.82) is 5.26 Å². The molecular weight excluding hydrogens is 361 g/mol. The van der Waals surface area contributed by atoms with Crippen molar-refractivity contribution in [1.82, 2.24) is 15.6 Å². The molecule has 1 aromatic heterocycles. The fourth-order valence-corrected chi connectivity index (χ4v) is 3.88. The van der Waals surface area contributed by atoms with Crippen LogP contribution in [-0.4, -0.2) is 61.5 Å². The number of anilines is 1. The number of hydrogen-bond donors (Lipinski definition) is 2. The van der Waals surface area contributed by atoms with E-state index in [9.17, 15) is 14.4 Å². The largest absolute Gasteiger partial charge is 0.365 e. The van der Waals surface area contributed by atoms with Crippen LogP contribution in [0.4, 0.5) is 10.1 Å². The molecule has 2 N–H and O–H groups in total. The van der Waals surface area contributed by atoms with E-state index in [1.807, 2.05) is 25.1 Å². The smallest absolute Gasteiger partial charge is 0.251 e. The lowest BCUT2D eigenvalue weighted by molar-refractivity contribution is -0.138. The molecule has 0 spiro atoms. The number of pyridine rings is 1. The molecule has 1 amide bonds. The molecule has 4 atom stereocenters. The summed E-state index contributed by atoms with van der Waals surface area (Å²) in [6, 6.07) is 9.02. The Bertz CT molecular complexity index is 930. The third-order valence-corrected chi connectivity index (χ3v) is 5.23. The van der Waals surface area contributed by atoms with Gasteiger partial charge >= 0.3 is 0 Å². The molecule has 0 saturated carbocycles. The number of carbonyl (C=O) groups excluding carboxylic acids is 1. The maximum absolute atomic E-state index is 13.8. The highest BCUT2D eigenvalue weighted by Gasteiger charge is 2.35. The molecule has 0 unspecified atom stereocenters. The number of alkyl halides is 1. The van der Waals surface area contributed by atoms with E-state index in [4.69, 9.17) is 4.74 Å². The van der Waals surface area contributed by atoms with Gasteiger partial charge in [0.2, 0.25) is 0 Å². The number of nitrogens with zero attached hydrogens (tertiary/aromatic N) is 3. The molecule has 0 bridgehead atoms. The van der Waals surface area contributed by atoms with E-state index in [0.29, 0.717) is 30.7 Å². The van der Waals surface area contributed by atoms with Gasteiger partial charge in [-0.25, -0.2) is 4.39 Å². The minimum atomic E-state index is -1.09. The van der Waals surface area contributed by atoms with Crippen molar-refractivity contribution in [3.8, 4) is 6.07 Å². The third kappa shape index (κ3) is 3.51. The number of nitrogens with one attached hydrogen (secondary N) is 2. The number of hydrogen-bond acceptors (Lipinski definition) is 6. The first-order valence-corrected chi connectivity index (χ1v) is 9.40. The Morgan fingerprint density at radius 2 is 2.25 bits per heavy atom. The normalized spacial score (nSPS) is 27.5. The average Bonchev–Trinajstić information content (AvgIpc) is 3.11. The number of carbonyl (C=O) groups is 1. The van der Waals surface area contributed by atoms with Gasteiger partial charge in [0.05, 0.1) is 29.8 Å². The predicted molar refractivity (Wildman–Crippen MR) is 103 cm³/mol. The number of morpholine rings is 1. The number of rotatable bonds is 3. The lowest BCUT2D eigenvalue weighted by Crippen LogP contribution is -2.55. The van der Waals surface area contributed by atoms with Gasteiger partial charge in [-0.15, -0.1) is 0 Å². The fraction of sp³-hybridized carbons (Fsp3) is 0.450. The number of benzene rings is 1. The molecular formula is C20H22FN5O2. The van der Waals surface area contributed by atoms with Gasteiger partial charge in [-0.3, -0.25) is 9.78 Å². The molecule has 4 rings (SSSR count). The Morgan fingerprint density at radius 1 is 1.39 bits per heavy atom. The van der Waals surface area contributed by atoms with E-state index in [-0.39, 0.29) is 18.6 Å². The summed E-state index contributed by atoms with van der Waals surface area (Å²) in [5.74, 6) is -0.302. The van der Waals surface area contributed by atoms with Crippen molar-refractivity contribution in [2.45, 2.75) is 31.3 Å². The molecule has 7 nitrogen and oxygen atoms in total. The molecule has 8 heteroatoms. The first kappa shape index (κ1) is 18.6. The van der Waals surface area contributed by atoms with Gasteiger partial charge < -0.3 is 20.3 Å². The summed E-state index contributed by atoms with van der Waals surface area (Å²) < 4.78 is 19.7. The number of fused-ring (bicyclic) bond motifs is 1. The summed E-state index contributed by atoms with van der Waals surface area (Å²) in [7, 11) is 0. The highest BCUT2D eigenvalue weighted by molar-refractivity contribution is 5.95. The number of nitriles is 1. The van der Waals surface area contributed by atoms with Crippen LogP contribution in [0, 0.1) is 11.3 Å². The summed E-state index contributed by atoms with van der Waals surface area (Å²) in [5.41, 5.74) is 2.05. The summed E-state index contributed by atoms with van der Waals surface area (Å²) in [6.45, 7) is 3.54. The number of halogens is 1. The summed E-state index contributed by atoms with van der Waals surface area (Å²) in [6.07, 6.45) is -0.294. The highest BCUT2D eigenvalue weighted by atomic mass is 19.1. The molecule has 0 aliphatic carbocycles. The van der Waals surface area contributed by atoms with Gasteiger partial charge in [0.1, 0.15) is 12.2 Å². The first-order chi connectivity index (χ1) is 13.6. The van der Waals surface area contributed by atoms with E-state index < -0.39 is 18.3 Å². The van der Waals surface area contributed by atoms with E-state index in [1.165, 1.54) is 0 Å². The number of ether oxygens (including phenoxy) is 1. The van der Waals surface area contributed by atoms with Crippen LogP contribution in [0.5, 0.6) is 0 Å². The average molecular weight is 383 g/mol. The number of amides is 1. The van der Waals surface area contributed by atoms with Gasteiger partial charge in [-0.2, -0.15) is 5.26 Å². The topological polar surface area (TPSA) is 90.3 Å². The molecule has 2 fully saturated rings. The molecule has 2 aliphatic rings. The Balaban J connectivity index is 1.58. The van der Waals surface area contributed by atoms with Crippen molar-refractivity contribution in [2.24, 2.45) is 0 Å². The molecule has 3 heterocycles. The number of aromatic nitrogens is 1. The van der Waals surface area contributed by atoms with Crippen LogP contribution in [0.2, 0.25) is 0 Å². The second-order valence-corrected chi connectivity index (χ2v) is 7.27. The summed E-state index contributed by atoms with van der Waals surface area (Å²) in [4.78, 5) is 19.1. The minimum absolute atomic E-state index is 0.172.